The summed E-state index contributed by atoms with van der Waals surface area (Å²) in [6.07, 6.45) is 14.7. The minimum absolute atomic E-state index is 1.01. The predicted molar refractivity (Wildman–Crippen MR) is 88.1 cm³/mol. The number of hydrogen-bond donors (Lipinski definition) is 0. The molecule has 2 aliphatic rings. The minimum atomic E-state index is 1.01. The minimum Gasteiger partial charge on any atom is -0.306 e. The molecule has 0 aromatic carbocycles. The molecule has 0 aromatic rings. The summed E-state index contributed by atoms with van der Waals surface area (Å²) >= 11 is 0. The van der Waals surface area contributed by atoms with Gasteiger partial charge in [-0.25, -0.2) is 0 Å². The van der Waals surface area contributed by atoms with Crippen molar-refractivity contribution in [2.45, 2.75) is 64.2 Å². The molecule has 0 aliphatic carbocycles. The fourth-order valence-corrected chi connectivity index (χ4v) is 4.00. The van der Waals surface area contributed by atoms with Crippen molar-refractivity contribution in [1.82, 2.24) is 9.80 Å². The lowest BCUT2D eigenvalue weighted by molar-refractivity contribution is 0.220. The van der Waals surface area contributed by atoms with Crippen molar-refractivity contribution in [3.63, 3.8) is 0 Å². The molecule has 0 spiro atoms. The van der Waals surface area contributed by atoms with Gasteiger partial charge in [0.2, 0.25) is 0 Å². The second kappa shape index (κ2) is 9.04. The SMILES string of the molecule is CN1CCCCC(CCC2CCCCN(C)CC2)CC1. The second-order valence-electron chi connectivity index (χ2n) is 7.48. The number of rotatable bonds is 3. The van der Waals surface area contributed by atoms with Gasteiger partial charge in [0.1, 0.15) is 0 Å². The molecule has 0 radical (unpaired) electrons. The molecule has 0 bridgehead atoms. The number of likely N-dealkylation sites (tertiary alicyclic amines) is 2. The van der Waals surface area contributed by atoms with E-state index in [1.165, 1.54) is 90.4 Å². The van der Waals surface area contributed by atoms with Crippen LogP contribution in [0.4, 0.5) is 0 Å². The zero-order chi connectivity index (χ0) is 14.2. The molecule has 2 heteroatoms. The van der Waals surface area contributed by atoms with E-state index >= 15 is 0 Å². The lowest BCUT2D eigenvalue weighted by atomic mass is 9.85. The molecule has 2 aliphatic heterocycles. The van der Waals surface area contributed by atoms with Crippen LogP contribution in [-0.2, 0) is 0 Å². The Bertz CT molecular complexity index is 228. The van der Waals surface area contributed by atoms with Gasteiger partial charge in [0.05, 0.1) is 0 Å². The molecular weight excluding hydrogens is 244 g/mol. The molecule has 118 valence electrons. The van der Waals surface area contributed by atoms with Crippen molar-refractivity contribution in [2.75, 3.05) is 40.3 Å². The average molecular weight is 280 g/mol. The van der Waals surface area contributed by atoms with Crippen LogP contribution in [-0.4, -0.2) is 50.1 Å². The maximum Gasteiger partial charge on any atom is -0.00191 e. The third kappa shape index (κ3) is 6.13. The molecule has 0 amide bonds. The maximum absolute atomic E-state index is 2.54. The summed E-state index contributed by atoms with van der Waals surface area (Å²) in [7, 11) is 4.60. The summed E-state index contributed by atoms with van der Waals surface area (Å²) in [5, 5.41) is 0. The van der Waals surface area contributed by atoms with Gasteiger partial charge < -0.3 is 9.80 Å². The first-order chi connectivity index (χ1) is 9.74. The van der Waals surface area contributed by atoms with E-state index in [9.17, 15) is 0 Å². The van der Waals surface area contributed by atoms with E-state index in [0.29, 0.717) is 0 Å². The Hall–Kier alpha value is -0.0800. The molecule has 0 saturated carbocycles. The van der Waals surface area contributed by atoms with Crippen molar-refractivity contribution in [2.24, 2.45) is 11.8 Å². The predicted octanol–water partition coefficient (Wildman–Crippen LogP) is 4.01. The Morgan fingerprint density at radius 3 is 1.50 bits per heavy atom. The van der Waals surface area contributed by atoms with E-state index in [4.69, 9.17) is 0 Å². The fraction of sp³-hybridized carbons (Fsp3) is 1.00. The quantitative estimate of drug-likeness (QED) is 0.770. The monoisotopic (exact) mass is 280 g/mol. The van der Waals surface area contributed by atoms with Crippen LogP contribution in [0.15, 0.2) is 0 Å². The van der Waals surface area contributed by atoms with E-state index in [-0.39, 0.29) is 0 Å². The van der Waals surface area contributed by atoms with Crippen LogP contribution in [0, 0.1) is 11.8 Å². The zero-order valence-electron chi connectivity index (χ0n) is 13.9. The summed E-state index contributed by atoms with van der Waals surface area (Å²) in [5.74, 6) is 2.03. The Morgan fingerprint density at radius 2 is 1.05 bits per heavy atom. The van der Waals surface area contributed by atoms with E-state index < -0.39 is 0 Å². The standard InChI is InChI=1S/C18H36N2/c1-19-13-5-3-7-17(11-15-19)9-10-18-8-4-6-14-20(2)16-12-18/h17-18H,3-16H2,1-2H3. The summed E-state index contributed by atoms with van der Waals surface area (Å²) < 4.78 is 0. The van der Waals surface area contributed by atoms with Crippen molar-refractivity contribution >= 4 is 0 Å². The van der Waals surface area contributed by atoms with Gasteiger partial charge in [0.25, 0.3) is 0 Å². The second-order valence-corrected chi connectivity index (χ2v) is 7.48. The molecular formula is C18H36N2. The van der Waals surface area contributed by atoms with Gasteiger partial charge in [0, 0.05) is 0 Å². The van der Waals surface area contributed by atoms with Gasteiger partial charge in [-0.15, -0.1) is 0 Å². The fourth-order valence-electron chi connectivity index (χ4n) is 4.00. The van der Waals surface area contributed by atoms with Gasteiger partial charge in [0.15, 0.2) is 0 Å². The van der Waals surface area contributed by atoms with Crippen LogP contribution in [0.3, 0.4) is 0 Å². The van der Waals surface area contributed by atoms with Crippen molar-refractivity contribution in [1.29, 1.82) is 0 Å². The largest absolute Gasteiger partial charge is 0.306 e. The highest BCUT2D eigenvalue weighted by atomic mass is 15.1. The van der Waals surface area contributed by atoms with Gasteiger partial charge in [-0.1, -0.05) is 38.5 Å². The lowest BCUT2D eigenvalue weighted by Crippen LogP contribution is -2.26. The van der Waals surface area contributed by atoms with Crippen LogP contribution in [0.5, 0.6) is 0 Å². The van der Waals surface area contributed by atoms with Crippen LogP contribution in [0.25, 0.3) is 0 Å². The summed E-state index contributed by atoms with van der Waals surface area (Å²) in [4.78, 5) is 5.08. The third-order valence-corrected chi connectivity index (χ3v) is 5.63. The topological polar surface area (TPSA) is 6.48 Å². The average Bonchev–Trinajstić information content (AvgIpc) is 2.40. The van der Waals surface area contributed by atoms with Gasteiger partial charge in [-0.05, 0) is 77.8 Å². The Kier molecular flexibility index (Phi) is 7.37. The first kappa shape index (κ1) is 16.3. The number of nitrogens with zero attached hydrogens (tertiary/aromatic N) is 2. The zero-order valence-corrected chi connectivity index (χ0v) is 13.9. The molecule has 2 fully saturated rings. The maximum atomic E-state index is 2.54. The van der Waals surface area contributed by atoms with Gasteiger partial charge in [-0.3, -0.25) is 0 Å². The van der Waals surface area contributed by atoms with Crippen LogP contribution in [0.1, 0.15) is 64.2 Å². The van der Waals surface area contributed by atoms with Crippen LogP contribution < -0.4 is 0 Å². The van der Waals surface area contributed by atoms with Crippen LogP contribution >= 0.6 is 0 Å². The first-order valence-corrected chi connectivity index (χ1v) is 9.11. The van der Waals surface area contributed by atoms with Crippen molar-refractivity contribution in [3.8, 4) is 0 Å². The lowest BCUT2D eigenvalue weighted by Gasteiger charge is -2.28. The summed E-state index contributed by atoms with van der Waals surface area (Å²) in [6, 6.07) is 0. The highest BCUT2D eigenvalue weighted by Crippen LogP contribution is 2.28. The molecule has 20 heavy (non-hydrogen) atoms. The summed E-state index contributed by atoms with van der Waals surface area (Å²) in [6.45, 7) is 5.31. The smallest absolute Gasteiger partial charge is 0.00191 e. The molecule has 2 atom stereocenters. The van der Waals surface area contributed by atoms with Crippen molar-refractivity contribution in [3.05, 3.63) is 0 Å². The molecule has 2 unspecified atom stereocenters. The highest BCUT2D eigenvalue weighted by Gasteiger charge is 2.18. The Morgan fingerprint density at radius 1 is 0.600 bits per heavy atom. The van der Waals surface area contributed by atoms with E-state index in [1.54, 1.807) is 0 Å². The van der Waals surface area contributed by atoms with Crippen LogP contribution in [0.2, 0.25) is 0 Å². The Balaban J connectivity index is 1.69. The molecule has 2 rings (SSSR count). The molecule has 0 aromatic heterocycles. The van der Waals surface area contributed by atoms with Gasteiger partial charge in [-0.2, -0.15) is 0 Å². The normalized spacial score (nSPS) is 32.1. The molecule has 2 saturated heterocycles. The summed E-state index contributed by atoms with van der Waals surface area (Å²) in [5.41, 5.74) is 0. The van der Waals surface area contributed by atoms with Gasteiger partial charge >= 0.3 is 0 Å². The Labute approximate surface area is 126 Å². The van der Waals surface area contributed by atoms with E-state index in [1.807, 2.05) is 0 Å². The first-order valence-electron chi connectivity index (χ1n) is 9.11. The highest BCUT2D eigenvalue weighted by molar-refractivity contribution is 4.71. The molecule has 2 nitrogen and oxygen atoms in total. The van der Waals surface area contributed by atoms with E-state index in [2.05, 4.69) is 23.9 Å². The third-order valence-electron chi connectivity index (χ3n) is 5.63. The molecule has 2 heterocycles. The number of hydrogen-bond acceptors (Lipinski definition) is 2. The van der Waals surface area contributed by atoms with E-state index in [0.717, 1.165) is 11.8 Å². The van der Waals surface area contributed by atoms with Crippen molar-refractivity contribution < 1.29 is 0 Å². The molecule has 0 N–H and O–H groups in total.